The first-order chi connectivity index (χ1) is 12.2. The van der Waals surface area contributed by atoms with Gasteiger partial charge in [0.05, 0.1) is 7.11 Å². The summed E-state index contributed by atoms with van der Waals surface area (Å²) in [5, 5.41) is 0.828. The van der Waals surface area contributed by atoms with Crippen LogP contribution in [-0.4, -0.2) is 19.9 Å². The molecule has 0 bridgehead atoms. The molecular weight excluding hydrogens is 324 g/mol. The third-order valence-electron chi connectivity index (χ3n) is 4.14. The van der Waals surface area contributed by atoms with E-state index in [2.05, 4.69) is 0 Å². The molecule has 128 valence electrons. The fourth-order valence-corrected chi connectivity index (χ4v) is 2.77. The summed E-state index contributed by atoms with van der Waals surface area (Å²) >= 11 is 0. The van der Waals surface area contributed by atoms with Gasteiger partial charge in [-0.2, -0.15) is 0 Å². The second-order valence-corrected chi connectivity index (χ2v) is 5.68. The standard InChI is InChI=1S/C19H16O6/c1-11-14-8-13(21-2)4-6-15(14)25-18(11)19(20)22-9-12-3-5-16-17(7-12)24-10-23-16/h3-8H,9-10H2,1-2H3. The van der Waals surface area contributed by atoms with E-state index >= 15 is 0 Å². The number of carbonyl (C=O) groups excluding carboxylic acids is 1. The zero-order valence-corrected chi connectivity index (χ0v) is 13.8. The number of furan rings is 1. The van der Waals surface area contributed by atoms with Gasteiger partial charge in [0.15, 0.2) is 11.5 Å². The van der Waals surface area contributed by atoms with Crippen LogP contribution in [0.25, 0.3) is 11.0 Å². The molecule has 0 amide bonds. The molecule has 2 heterocycles. The van der Waals surface area contributed by atoms with Crippen LogP contribution in [-0.2, 0) is 11.3 Å². The largest absolute Gasteiger partial charge is 0.497 e. The summed E-state index contributed by atoms with van der Waals surface area (Å²) in [7, 11) is 1.59. The third kappa shape index (κ3) is 2.76. The third-order valence-corrected chi connectivity index (χ3v) is 4.14. The van der Waals surface area contributed by atoms with Gasteiger partial charge in [-0.1, -0.05) is 6.07 Å². The van der Waals surface area contributed by atoms with Gasteiger partial charge in [-0.25, -0.2) is 4.79 Å². The van der Waals surface area contributed by atoms with Gasteiger partial charge in [0, 0.05) is 10.9 Å². The number of methoxy groups -OCH3 is 1. The first kappa shape index (κ1) is 15.4. The maximum Gasteiger partial charge on any atom is 0.374 e. The molecule has 0 radical (unpaired) electrons. The molecule has 1 aromatic heterocycles. The van der Waals surface area contributed by atoms with Crippen molar-refractivity contribution in [3.63, 3.8) is 0 Å². The van der Waals surface area contributed by atoms with E-state index in [0.29, 0.717) is 22.8 Å². The highest BCUT2D eigenvalue weighted by Gasteiger charge is 2.20. The molecule has 0 atom stereocenters. The Morgan fingerprint density at radius 3 is 2.80 bits per heavy atom. The van der Waals surface area contributed by atoms with Crippen molar-refractivity contribution in [3.05, 3.63) is 53.3 Å². The molecule has 25 heavy (non-hydrogen) atoms. The topological polar surface area (TPSA) is 67.1 Å². The van der Waals surface area contributed by atoms with Gasteiger partial charge in [0.1, 0.15) is 17.9 Å². The second kappa shape index (κ2) is 6.05. The summed E-state index contributed by atoms with van der Waals surface area (Å²) in [6.07, 6.45) is 0. The Morgan fingerprint density at radius 2 is 1.96 bits per heavy atom. The molecule has 0 unspecified atom stereocenters. The van der Waals surface area contributed by atoms with Gasteiger partial charge in [0.2, 0.25) is 12.6 Å². The fraction of sp³-hybridized carbons (Fsp3) is 0.211. The number of fused-ring (bicyclic) bond motifs is 2. The Kier molecular flexibility index (Phi) is 3.72. The maximum atomic E-state index is 12.4. The normalized spacial score (nSPS) is 12.4. The van der Waals surface area contributed by atoms with E-state index in [4.69, 9.17) is 23.4 Å². The van der Waals surface area contributed by atoms with Crippen molar-refractivity contribution in [2.45, 2.75) is 13.5 Å². The SMILES string of the molecule is COc1ccc2oc(C(=O)OCc3ccc4c(c3)OCO4)c(C)c2c1. The lowest BCUT2D eigenvalue weighted by Crippen LogP contribution is -2.05. The highest BCUT2D eigenvalue weighted by Crippen LogP contribution is 2.33. The van der Waals surface area contributed by atoms with Crippen molar-refractivity contribution in [3.8, 4) is 17.2 Å². The summed E-state index contributed by atoms with van der Waals surface area (Å²) in [4.78, 5) is 12.4. The smallest absolute Gasteiger partial charge is 0.374 e. The fourth-order valence-electron chi connectivity index (χ4n) is 2.77. The van der Waals surface area contributed by atoms with Crippen LogP contribution in [0.15, 0.2) is 40.8 Å². The molecule has 0 aliphatic carbocycles. The molecule has 6 heteroatoms. The van der Waals surface area contributed by atoms with E-state index in [1.54, 1.807) is 31.4 Å². The molecule has 0 saturated carbocycles. The Balaban J connectivity index is 1.53. The number of esters is 1. The summed E-state index contributed by atoms with van der Waals surface area (Å²) in [5.41, 5.74) is 2.16. The Morgan fingerprint density at radius 1 is 1.12 bits per heavy atom. The Labute approximate surface area is 143 Å². The van der Waals surface area contributed by atoms with Crippen molar-refractivity contribution in [2.24, 2.45) is 0 Å². The van der Waals surface area contributed by atoms with E-state index in [0.717, 1.165) is 16.5 Å². The lowest BCUT2D eigenvalue weighted by Gasteiger charge is -2.05. The minimum atomic E-state index is -0.509. The molecule has 0 N–H and O–H groups in total. The van der Waals surface area contributed by atoms with Crippen molar-refractivity contribution >= 4 is 16.9 Å². The molecule has 1 aliphatic heterocycles. The Bertz CT molecular complexity index is 956. The highest BCUT2D eigenvalue weighted by atomic mass is 16.7. The summed E-state index contributed by atoms with van der Waals surface area (Å²) < 4.78 is 26.8. The Hall–Kier alpha value is -3.15. The van der Waals surface area contributed by atoms with Crippen LogP contribution in [0, 0.1) is 6.92 Å². The zero-order valence-electron chi connectivity index (χ0n) is 13.8. The van der Waals surface area contributed by atoms with Crippen LogP contribution >= 0.6 is 0 Å². The van der Waals surface area contributed by atoms with E-state index in [-0.39, 0.29) is 19.2 Å². The summed E-state index contributed by atoms with van der Waals surface area (Å²) in [6, 6.07) is 10.8. The average molecular weight is 340 g/mol. The number of hydrogen-bond donors (Lipinski definition) is 0. The molecule has 2 aromatic carbocycles. The van der Waals surface area contributed by atoms with Crippen LogP contribution in [0.3, 0.4) is 0 Å². The molecule has 1 aliphatic rings. The van der Waals surface area contributed by atoms with E-state index in [9.17, 15) is 4.79 Å². The molecule has 6 nitrogen and oxygen atoms in total. The van der Waals surface area contributed by atoms with Crippen molar-refractivity contribution < 1.29 is 28.2 Å². The first-order valence-electron chi connectivity index (χ1n) is 7.78. The molecule has 3 aromatic rings. The van der Waals surface area contributed by atoms with Gasteiger partial charge in [-0.15, -0.1) is 0 Å². The van der Waals surface area contributed by atoms with Crippen LogP contribution in [0.5, 0.6) is 17.2 Å². The monoisotopic (exact) mass is 340 g/mol. The number of rotatable bonds is 4. The predicted octanol–water partition coefficient (Wildman–Crippen LogP) is 3.84. The van der Waals surface area contributed by atoms with E-state index in [1.165, 1.54) is 0 Å². The van der Waals surface area contributed by atoms with Gasteiger partial charge in [-0.05, 0) is 42.8 Å². The molecular formula is C19H16O6. The quantitative estimate of drug-likeness (QED) is 0.672. The molecule has 0 saturated heterocycles. The lowest BCUT2D eigenvalue weighted by atomic mass is 10.1. The van der Waals surface area contributed by atoms with Crippen LogP contribution < -0.4 is 14.2 Å². The maximum absolute atomic E-state index is 12.4. The summed E-state index contributed by atoms with van der Waals surface area (Å²) in [5.74, 6) is 1.74. The van der Waals surface area contributed by atoms with Gasteiger partial charge < -0.3 is 23.4 Å². The van der Waals surface area contributed by atoms with Crippen molar-refractivity contribution in [1.82, 2.24) is 0 Å². The molecule has 0 spiro atoms. The summed E-state index contributed by atoms with van der Waals surface area (Å²) in [6.45, 7) is 2.15. The minimum absolute atomic E-state index is 0.120. The van der Waals surface area contributed by atoms with Crippen molar-refractivity contribution in [2.75, 3.05) is 13.9 Å². The van der Waals surface area contributed by atoms with E-state index in [1.807, 2.05) is 19.1 Å². The number of aryl methyl sites for hydroxylation is 1. The van der Waals surface area contributed by atoms with Crippen molar-refractivity contribution in [1.29, 1.82) is 0 Å². The molecule has 0 fully saturated rings. The number of ether oxygens (including phenoxy) is 4. The van der Waals surface area contributed by atoms with Gasteiger partial charge in [-0.3, -0.25) is 0 Å². The first-order valence-corrected chi connectivity index (χ1v) is 7.78. The number of benzene rings is 2. The lowest BCUT2D eigenvalue weighted by molar-refractivity contribution is 0.0437. The van der Waals surface area contributed by atoms with Gasteiger partial charge >= 0.3 is 5.97 Å². The number of carbonyl (C=O) groups is 1. The van der Waals surface area contributed by atoms with Gasteiger partial charge in [0.25, 0.3) is 0 Å². The minimum Gasteiger partial charge on any atom is -0.497 e. The zero-order chi connectivity index (χ0) is 17.4. The number of hydrogen-bond acceptors (Lipinski definition) is 6. The van der Waals surface area contributed by atoms with Crippen LogP contribution in [0.1, 0.15) is 21.7 Å². The molecule has 4 rings (SSSR count). The van der Waals surface area contributed by atoms with Crippen LogP contribution in [0.4, 0.5) is 0 Å². The van der Waals surface area contributed by atoms with E-state index < -0.39 is 5.97 Å². The predicted molar refractivity (Wildman–Crippen MR) is 89.2 cm³/mol. The van der Waals surface area contributed by atoms with Crippen LogP contribution in [0.2, 0.25) is 0 Å². The average Bonchev–Trinajstić information content (AvgIpc) is 3.23. The second-order valence-electron chi connectivity index (χ2n) is 5.68. The highest BCUT2D eigenvalue weighted by molar-refractivity contribution is 5.96.